The van der Waals surface area contributed by atoms with Crippen molar-refractivity contribution in [2.75, 3.05) is 13.2 Å². The van der Waals surface area contributed by atoms with E-state index < -0.39 is 11.9 Å². The van der Waals surface area contributed by atoms with E-state index in [0.717, 1.165) is 31.2 Å². The van der Waals surface area contributed by atoms with Crippen LogP contribution in [0, 0.1) is 11.6 Å². The fourth-order valence-electron chi connectivity index (χ4n) is 5.42. The van der Waals surface area contributed by atoms with Crippen molar-refractivity contribution in [2.24, 2.45) is 0 Å². The molecule has 0 saturated carbocycles. The molecule has 0 amide bonds. The monoisotopic (exact) mass is 828 g/mol. The summed E-state index contributed by atoms with van der Waals surface area (Å²) in [5, 5.41) is 21.0. The van der Waals surface area contributed by atoms with Gasteiger partial charge in [0, 0.05) is 20.1 Å². The Morgan fingerprint density at radius 3 is 1.12 bits per heavy atom. The maximum atomic E-state index is 13.2. The summed E-state index contributed by atoms with van der Waals surface area (Å²) in [6.45, 7) is 3.83. The first-order valence-corrected chi connectivity index (χ1v) is 17.7. The van der Waals surface area contributed by atoms with Crippen LogP contribution >= 0.6 is 31.9 Å². The van der Waals surface area contributed by atoms with Gasteiger partial charge in [0.15, 0.2) is 0 Å². The first-order valence-electron chi connectivity index (χ1n) is 16.1. The van der Waals surface area contributed by atoms with E-state index in [1.807, 2.05) is 48.5 Å². The topological polar surface area (TPSA) is 93.1 Å². The van der Waals surface area contributed by atoms with Crippen molar-refractivity contribution in [1.29, 1.82) is 0 Å². The molecule has 0 unspecified atom stereocenters. The number of carbonyl (C=O) groups is 2. The average molecular weight is 831 g/mol. The summed E-state index contributed by atoms with van der Waals surface area (Å²) < 4.78 is 38.4. The molecule has 0 aliphatic carbocycles. The molecule has 6 aromatic rings. The summed E-state index contributed by atoms with van der Waals surface area (Å²) in [7, 11) is 0. The SMILES string of the molecule is CCOC(=O)c1c(O)cc(-c2ccc(F)cc2)cc1-c1ccc(Br)cc1.CCOC(=O)c1c(O)cc(-c2ccc(F)cc2)cc1-c1ccc(Br)cc1. The van der Waals surface area contributed by atoms with E-state index in [2.05, 4.69) is 31.9 Å². The predicted molar refractivity (Wildman–Crippen MR) is 205 cm³/mol. The molecule has 0 bridgehead atoms. The van der Waals surface area contributed by atoms with Crippen LogP contribution < -0.4 is 0 Å². The second-order valence-electron chi connectivity index (χ2n) is 11.3. The summed E-state index contributed by atoms with van der Waals surface area (Å²) in [5.74, 6) is -2.21. The van der Waals surface area contributed by atoms with Crippen molar-refractivity contribution in [3.63, 3.8) is 0 Å². The largest absolute Gasteiger partial charge is 0.507 e. The second kappa shape index (κ2) is 17.3. The molecule has 6 aromatic carbocycles. The van der Waals surface area contributed by atoms with Crippen LogP contribution in [0.25, 0.3) is 44.5 Å². The zero-order valence-electron chi connectivity index (χ0n) is 28.0. The number of esters is 2. The molecule has 2 N–H and O–H groups in total. The highest BCUT2D eigenvalue weighted by molar-refractivity contribution is 9.10. The number of phenolic OH excluding ortho intramolecular Hbond substituents is 2. The molecule has 0 atom stereocenters. The fraction of sp³-hybridized carbons (Fsp3) is 0.0952. The van der Waals surface area contributed by atoms with E-state index in [-0.39, 0.29) is 47.5 Å². The lowest BCUT2D eigenvalue weighted by molar-refractivity contribution is 0.0514. The maximum Gasteiger partial charge on any atom is 0.342 e. The average Bonchev–Trinajstić information content (AvgIpc) is 3.12. The molecule has 6 rings (SSSR count). The van der Waals surface area contributed by atoms with Gasteiger partial charge < -0.3 is 19.7 Å². The summed E-state index contributed by atoms with van der Waals surface area (Å²) in [6.07, 6.45) is 0. The fourth-order valence-corrected chi connectivity index (χ4v) is 5.95. The van der Waals surface area contributed by atoms with Gasteiger partial charge in [-0.25, -0.2) is 18.4 Å². The molecule has 0 aliphatic rings. The lowest BCUT2D eigenvalue weighted by Gasteiger charge is -2.14. The Morgan fingerprint density at radius 2 is 0.808 bits per heavy atom. The van der Waals surface area contributed by atoms with Gasteiger partial charge in [0.2, 0.25) is 0 Å². The smallest absolute Gasteiger partial charge is 0.342 e. The molecular formula is C42H32Br2F2O6. The highest BCUT2D eigenvalue weighted by Crippen LogP contribution is 2.38. The van der Waals surface area contributed by atoms with E-state index in [0.29, 0.717) is 22.3 Å². The van der Waals surface area contributed by atoms with E-state index in [1.165, 1.54) is 36.4 Å². The van der Waals surface area contributed by atoms with Gasteiger partial charge in [-0.1, -0.05) is 80.4 Å². The van der Waals surface area contributed by atoms with Gasteiger partial charge in [-0.05, 0) is 120 Å². The number of benzene rings is 6. The lowest BCUT2D eigenvalue weighted by atomic mass is 9.93. The first-order chi connectivity index (χ1) is 25.0. The molecule has 0 fully saturated rings. The van der Waals surface area contributed by atoms with Gasteiger partial charge in [0.1, 0.15) is 34.3 Å². The quantitative estimate of drug-likeness (QED) is 0.148. The van der Waals surface area contributed by atoms with Crippen LogP contribution in [0.3, 0.4) is 0 Å². The minimum absolute atomic E-state index is 0.111. The second-order valence-corrected chi connectivity index (χ2v) is 13.1. The molecule has 10 heteroatoms. The lowest BCUT2D eigenvalue weighted by Crippen LogP contribution is -2.07. The van der Waals surface area contributed by atoms with E-state index in [4.69, 9.17) is 9.47 Å². The Labute approximate surface area is 316 Å². The number of hydrogen-bond acceptors (Lipinski definition) is 6. The summed E-state index contributed by atoms with van der Waals surface area (Å²) in [4.78, 5) is 24.8. The van der Waals surface area contributed by atoms with Crippen LogP contribution in [0.4, 0.5) is 8.78 Å². The molecule has 0 aromatic heterocycles. The van der Waals surface area contributed by atoms with Gasteiger partial charge in [-0.3, -0.25) is 0 Å². The summed E-state index contributed by atoms with van der Waals surface area (Å²) in [6, 6.07) is 33.3. The van der Waals surface area contributed by atoms with E-state index in [1.54, 1.807) is 50.2 Å². The van der Waals surface area contributed by atoms with Gasteiger partial charge >= 0.3 is 11.9 Å². The number of ether oxygens (including phenoxy) is 2. The van der Waals surface area contributed by atoms with Gasteiger partial charge in [0.25, 0.3) is 0 Å². The number of carbonyl (C=O) groups excluding carboxylic acids is 2. The third kappa shape index (κ3) is 9.12. The Hall–Kier alpha value is -5.32. The zero-order chi connectivity index (χ0) is 37.4. The summed E-state index contributed by atoms with van der Waals surface area (Å²) in [5.41, 5.74) is 5.66. The molecule has 0 aliphatic heterocycles. The Kier molecular flexibility index (Phi) is 12.6. The standard InChI is InChI=1S/2C21H16BrFO3/c2*1-2-26-21(25)20-18(14-3-7-16(22)8-4-14)11-15(12-19(20)24)13-5-9-17(23)10-6-13/h2*3-12,24H,2H2,1H3. The van der Waals surface area contributed by atoms with Crippen LogP contribution in [-0.2, 0) is 9.47 Å². The molecule has 0 heterocycles. The molecular weight excluding hydrogens is 798 g/mol. The zero-order valence-corrected chi connectivity index (χ0v) is 31.2. The first kappa shape index (κ1) is 37.9. The number of aromatic hydroxyl groups is 2. The number of rotatable bonds is 8. The highest BCUT2D eigenvalue weighted by atomic mass is 79.9. The normalized spacial score (nSPS) is 10.6. The highest BCUT2D eigenvalue weighted by Gasteiger charge is 2.22. The number of hydrogen-bond donors (Lipinski definition) is 2. The van der Waals surface area contributed by atoms with Crippen LogP contribution in [0.15, 0.2) is 130 Å². The Bertz CT molecular complexity index is 2030. The van der Waals surface area contributed by atoms with Crippen molar-refractivity contribution >= 4 is 43.8 Å². The number of halogens is 4. The van der Waals surface area contributed by atoms with Gasteiger partial charge in [-0.2, -0.15) is 0 Å². The molecule has 6 nitrogen and oxygen atoms in total. The minimum atomic E-state index is -0.589. The predicted octanol–water partition coefficient (Wildman–Crippen LogP) is 11.6. The van der Waals surface area contributed by atoms with Gasteiger partial charge in [0.05, 0.1) is 13.2 Å². The van der Waals surface area contributed by atoms with E-state index >= 15 is 0 Å². The van der Waals surface area contributed by atoms with Crippen LogP contribution in [-0.4, -0.2) is 35.4 Å². The van der Waals surface area contributed by atoms with Crippen molar-refractivity contribution < 1.29 is 38.1 Å². The minimum Gasteiger partial charge on any atom is -0.507 e. The third-order valence-corrected chi connectivity index (χ3v) is 8.92. The van der Waals surface area contributed by atoms with E-state index in [9.17, 15) is 28.6 Å². The van der Waals surface area contributed by atoms with Crippen LogP contribution in [0.2, 0.25) is 0 Å². The van der Waals surface area contributed by atoms with Crippen molar-refractivity contribution in [2.45, 2.75) is 13.8 Å². The van der Waals surface area contributed by atoms with Crippen LogP contribution in [0.5, 0.6) is 11.5 Å². The Balaban J connectivity index is 0.000000201. The molecule has 0 saturated heterocycles. The molecule has 0 spiro atoms. The molecule has 264 valence electrons. The van der Waals surface area contributed by atoms with Crippen molar-refractivity contribution in [3.05, 3.63) is 153 Å². The van der Waals surface area contributed by atoms with Crippen molar-refractivity contribution in [3.8, 4) is 56.0 Å². The maximum absolute atomic E-state index is 13.2. The summed E-state index contributed by atoms with van der Waals surface area (Å²) >= 11 is 6.77. The third-order valence-electron chi connectivity index (χ3n) is 7.86. The van der Waals surface area contributed by atoms with Gasteiger partial charge in [-0.15, -0.1) is 0 Å². The molecule has 0 radical (unpaired) electrons. The molecule has 52 heavy (non-hydrogen) atoms. The van der Waals surface area contributed by atoms with Crippen LogP contribution in [0.1, 0.15) is 34.6 Å². The van der Waals surface area contributed by atoms with Crippen molar-refractivity contribution in [1.82, 2.24) is 0 Å². The number of phenols is 2. The Morgan fingerprint density at radius 1 is 0.500 bits per heavy atom.